The molecule has 2 aromatic carbocycles. The minimum Gasteiger partial charge on any atom is -0.444 e. The first-order chi connectivity index (χ1) is 23.4. The number of aromatic nitrogens is 2. The molecule has 10 nitrogen and oxygen atoms in total. The van der Waals surface area contributed by atoms with Gasteiger partial charge in [-0.25, -0.2) is 18.0 Å². The number of amides is 2. The van der Waals surface area contributed by atoms with Gasteiger partial charge in [0.05, 0.1) is 22.5 Å². The maximum Gasteiger partial charge on any atom is 0.407 e. The fourth-order valence-corrected chi connectivity index (χ4v) is 7.63. The molecule has 0 aliphatic heterocycles. The van der Waals surface area contributed by atoms with Gasteiger partial charge in [0.1, 0.15) is 11.2 Å². The number of sulfone groups is 1. The first-order valence-electron chi connectivity index (χ1n) is 16.9. The van der Waals surface area contributed by atoms with Crippen LogP contribution in [0.25, 0.3) is 21.8 Å². The fraction of sp³-hybridized carbons (Fsp3) is 0.474. The van der Waals surface area contributed by atoms with E-state index >= 15 is 0 Å². The minimum absolute atomic E-state index is 0.110. The molecule has 0 bridgehead atoms. The van der Waals surface area contributed by atoms with Gasteiger partial charge in [0.25, 0.3) is 0 Å². The summed E-state index contributed by atoms with van der Waals surface area (Å²) < 4.78 is 35.6. The van der Waals surface area contributed by atoms with E-state index in [2.05, 4.69) is 39.7 Å². The number of alkyl carbamates (subject to hydrolysis) is 2. The lowest BCUT2D eigenvalue weighted by Crippen LogP contribution is -2.42. The Morgan fingerprint density at radius 3 is 1.70 bits per heavy atom. The molecule has 4 aromatic rings. The van der Waals surface area contributed by atoms with Crippen molar-refractivity contribution in [1.82, 2.24) is 20.6 Å². The van der Waals surface area contributed by atoms with Crippen molar-refractivity contribution >= 4 is 55.6 Å². The van der Waals surface area contributed by atoms with Crippen molar-refractivity contribution in [3.8, 4) is 0 Å². The highest BCUT2D eigenvalue weighted by Crippen LogP contribution is 2.19. The van der Waals surface area contributed by atoms with E-state index < -0.39 is 33.2 Å². The van der Waals surface area contributed by atoms with E-state index in [0.717, 1.165) is 39.7 Å². The van der Waals surface area contributed by atoms with Gasteiger partial charge < -0.3 is 20.1 Å². The van der Waals surface area contributed by atoms with Gasteiger partial charge in [-0.05, 0) is 89.8 Å². The smallest absolute Gasteiger partial charge is 0.407 e. The predicted molar refractivity (Wildman–Crippen MR) is 204 cm³/mol. The summed E-state index contributed by atoms with van der Waals surface area (Å²) in [7, 11) is -3.41. The molecular formula is C38H52N4O6S2. The van der Waals surface area contributed by atoms with Crippen LogP contribution in [0.2, 0.25) is 0 Å². The second kappa shape index (κ2) is 18.4. The third-order valence-corrected chi connectivity index (χ3v) is 10.0. The van der Waals surface area contributed by atoms with Crippen LogP contribution in [0.1, 0.15) is 79.4 Å². The van der Waals surface area contributed by atoms with Crippen LogP contribution in [0.3, 0.4) is 0 Å². The number of pyridine rings is 2. The molecule has 0 spiro atoms. The van der Waals surface area contributed by atoms with Crippen molar-refractivity contribution in [2.45, 2.75) is 103 Å². The number of carbonyl (C=O) groups is 2. The van der Waals surface area contributed by atoms with E-state index in [-0.39, 0.29) is 23.6 Å². The third-order valence-electron chi connectivity index (χ3n) is 7.15. The number of para-hydroxylation sites is 2. The Labute approximate surface area is 301 Å². The normalized spacial score (nSPS) is 13.1. The van der Waals surface area contributed by atoms with Gasteiger partial charge in [0.2, 0.25) is 0 Å². The van der Waals surface area contributed by atoms with Crippen LogP contribution in [0.15, 0.2) is 73.1 Å². The van der Waals surface area contributed by atoms with Crippen LogP contribution in [0, 0.1) is 0 Å². The summed E-state index contributed by atoms with van der Waals surface area (Å²) in [4.78, 5) is 32.5. The van der Waals surface area contributed by atoms with Crippen LogP contribution in [-0.4, -0.2) is 65.4 Å². The zero-order chi connectivity index (χ0) is 37.0. The summed E-state index contributed by atoms with van der Waals surface area (Å²) in [6.45, 7) is 14.8. The molecule has 4 rings (SSSR count). The summed E-state index contributed by atoms with van der Waals surface area (Å²) in [6, 6.07) is 19.3. The number of nitrogens with zero attached hydrogens (tertiary/aromatic N) is 2. The van der Waals surface area contributed by atoms with Crippen molar-refractivity contribution in [2.75, 3.05) is 11.5 Å². The maximum atomic E-state index is 12.6. The van der Waals surface area contributed by atoms with Gasteiger partial charge >= 0.3 is 12.2 Å². The lowest BCUT2D eigenvalue weighted by molar-refractivity contribution is 0.0496. The molecular weight excluding hydrogens is 673 g/mol. The molecule has 2 atom stereocenters. The van der Waals surface area contributed by atoms with Gasteiger partial charge in [-0.2, -0.15) is 11.8 Å². The quantitative estimate of drug-likeness (QED) is 0.148. The SMILES string of the molecule is CC[C@@H](CS(=O)(=O)Cc1cnc2ccccc2c1)NC(=O)OC(C)(C)C.CC[C@@H](CSCc1cnc2ccccc2c1)NC(=O)OC(C)(C)C. The van der Waals surface area contributed by atoms with Crippen LogP contribution in [0.4, 0.5) is 9.59 Å². The van der Waals surface area contributed by atoms with Crippen molar-refractivity contribution < 1.29 is 27.5 Å². The number of hydrogen-bond acceptors (Lipinski definition) is 9. The Balaban J connectivity index is 0.000000271. The lowest BCUT2D eigenvalue weighted by atomic mass is 10.2. The fourth-order valence-electron chi connectivity index (χ4n) is 4.80. The number of benzene rings is 2. The second-order valence-corrected chi connectivity index (χ2v) is 17.3. The number of hydrogen-bond donors (Lipinski definition) is 2. The number of ether oxygens (including phenoxy) is 2. The third kappa shape index (κ3) is 14.9. The summed E-state index contributed by atoms with van der Waals surface area (Å²) in [5.41, 5.74) is 2.59. The summed E-state index contributed by atoms with van der Waals surface area (Å²) >= 11 is 1.80. The average Bonchev–Trinajstić information content (AvgIpc) is 3.02. The second-order valence-electron chi connectivity index (χ2n) is 14.1. The summed E-state index contributed by atoms with van der Waals surface area (Å²) in [5, 5.41) is 7.64. The van der Waals surface area contributed by atoms with E-state index in [1.807, 2.05) is 82.4 Å². The van der Waals surface area contributed by atoms with E-state index in [1.54, 1.807) is 38.7 Å². The zero-order valence-corrected chi connectivity index (χ0v) is 32.1. The highest BCUT2D eigenvalue weighted by atomic mass is 32.2. The molecule has 272 valence electrons. The zero-order valence-electron chi connectivity index (χ0n) is 30.5. The van der Waals surface area contributed by atoms with E-state index in [4.69, 9.17) is 9.47 Å². The number of nitrogens with one attached hydrogen (secondary N) is 2. The molecule has 2 amide bonds. The van der Waals surface area contributed by atoms with Crippen LogP contribution >= 0.6 is 11.8 Å². The number of rotatable bonds is 12. The van der Waals surface area contributed by atoms with Crippen LogP contribution in [0.5, 0.6) is 0 Å². The van der Waals surface area contributed by atoms with Gasteiger partial charge in [0.15, 0.2) is 9.84 Å². The summed E-state index contributed by atoms with van der Waals surface area (Å²) in [6.07, 6.45) is 3.94. The Kier molecular flexibility index (Phi) is 14.9. The standard InChI is InChI=1S/C19H26N2O4S.C19H26N2O2S/c1-5-16(21-18(22)25-19(2,3)4)13-26(23,24)12-14-10-15-8-6-7-9-17(15)20-11-14;1-5-16(21-18(22)23-19(2,3)4)13-24-12-14-10-15-8-6-7-9-17(15)20-11-14/h6-11,16H,5,12-13H2,1-4H3,(H,21,22);6-11,16H,5,12-13H2,1-4H3,(H,21,22)/t2*16-/m00/s1. The maximum absolute atomic E-state index is 12.6. The monoisotopic (exact) mass is 724 g/mol. The van der Waals surface area contributed by atoms with E-state index in [1.165, 1.54) is 5.56 Å². The largest absolute Gasteiger partial charge is 0.444 e. The van der Waals surface area contributed by atoms with Crippen molar-refractivity contribution in [3.05, 3.63) is 84.2 Å². The number of thioether (sulfide) groups is 1. The molecule has 0 aliphatic rings. The molecule has 2 heterocycles. The van der Waals surface area contributed by atoms with Crippen molar-refractivity contribution in [3.63, 3.8) is 0 Å². The van der Waals surface area contributed by atoms with E-state index in [9.17, 15) is 18.0 Å². The Hall–Kier alpha value is -3.90. The summed E-state index contributed by atoms with van der Waals surface area (Å²) in [5.74, 6) is 1.47. The molecule has 2 aromatic heterocycles. The van der Waals surface area contributed by atoms with Gasteiger partial charge in [-0.1, -0.05) is 50.2 Å². The number of carbonyl (C=O) groups excluding carboxylic acids is 2. The predicted octanol–water partition coefficient (Wildman–Crippen LogP) is 8.22. The molecule has 0 fully saturated rings. The van der Waals surface area contributed by atoms with Gasteiger partial charge in [0, 0.05) is 46.8 Å². The molecule has 0 aliphatic carbocycles. The van der Waals surface area contributed by atoms with Crippen molar-refractivity contribution in [2.24, 2.45) is 0 Å². The van der Waals surface area contributed by atoms with E-state index in [0.29, 0.717) is 12.0 Å². The highest BCUT2D eigenvalue weighted by Gasteiger charge is 2.24. The van der Waals surface area contributed by atoms with Crippen LogP contribution in [-0.2, 0) is 30.8 Å². The lowest BCUT2D eigenvalue weighted by Gasteiger charge is -2.23. The van der Waals surface area contributed by atoms with Gasteiger partial charge in [-0.15, -0.1) is 0 Å². The Bertz CT molecular complexity index is 1820. The molecule has 0 radical (unpaired) electrons. The van der Waals surface area contributed by atoms with Gasteiger partial charge in [-0.3, -0.25) is 9.97 Å². The molecule has 50 heavy (non-hydrogen) atoms. The Morgan fingerprint density at radius 2 is 1.20 bits per heavy atom. The molecule has 2 N–H and O–H groups in total. The Morgan fingerprint density at radius 1 is 0.740 bits per heavy atom. The number of fused-ring (bicyclic) bond motifs is 2. The average molecular weight is 725 g/mol. The first kappa shape index (κ1) is 40.5. The minimum atomic E-state index is -3.41. The first-order valence-corrected chi connectivity index (χ1v) is 19.9. The highest BCUT2D eigenvalue weighted by molar-refractivity contribution is 7.98. The molecule has 0 unspecified atom stereocenters. The molecule has 12 heteroatoms. The van der Waals surface area contributed by atoms with Crippen LogP contribution < -0.4 is 10.6 Å². The topological polar surface area (TPSA) is 137 Å². The molecule has 0 saturated carbocycles. The molecule has 0 saturated heterocycles. The van der Waals surface area contributed by atoms with Crippen molar-refractivity contribution in [1.29, 1.82) is 0 Å².